The molecule has 1 aliphatic heterocycles. The van der Waals surface area contributed by atoms with Crippen molar-refractivity contribution >= 4 is 11.3 Å². The molecule has 2 rings (SSSR count). The first kappa shape index (κ1) is 15.4. The Balaban J connectivity index is 1.93. The van der Waals surface area contributed by atoms with E-state index in [0.717, 1.165) is 49.7 Å². The van der Waals surface area contributed by atoms with E-state index in [2.05, 4.69) is 36.8 Å². The molecule has 2 heterocycles. The number of nitriles is 1. The van der Waals surface area contributed by atoms with E-state index in [1.54, 1.807) is 11.3 Å². The minimum absolute atomic E-state index is 0.409. The van der Waals surface area contributed by atoms with Gasteiger partial charge < -0.3 is 9.80 Å². The number of likely N-dealkylation sites (N-methyl/N-ethyl adjacent to an activating group) is 1. The van der Waals surface area contributed by atoms with Crippen LogP contribution in [0.2, 0.25) is 0 Å². The molecule has 0 aliphatic carbocycles. The lowest BCUT2D eigenvalue weighted by Crippen LogP contribution is -2.45. The summed E-state index contributed by atoms with van der Waals surface area (Å²) in [7, 11) is 2.18. The summed E-state index contributed by atoms with van der Waals surface area (Å²) in [6.45, 7) is 10.0. The summed E-state index contributed by atoms with van der Waals surface area (Å²) in [5.74, 6) is 0.409. The van der Waals surface area contributed by atoms with Crippen LogP contribution in [0.3, 0.4) is 0 Å². The van der Waals surface area contributed by atoms with Crippen molar-refractivity contribution in [3.05, 3.63) is 15.6 Å². The average molecular weight is 292 g/mol. The van der Waals surface area contributed by atoms with Gasteiger partial charge >= 0.3 is 0 Å². The van der Waals surface area contributed by atoms with E-state index in [4.69, 9.17) is 10.2 Å². The van der Waals surface area contributed by atoms with E-state index in [-0.39, 0.29) is 0 Å². The monoisotopic (exact) mass is 292 g/mol. The third kappa shape index (κ3) is 4.02. The number of aromatic nitrogens is 1. The molecule has 1 aromatic heterocycles. The molecule has 0 spiro atoms. The topological polar surface area (TPSA) is 43.2 Å². The van der Waals surface area contributed by atoms with Crippen LogP contribution in [0.1, 0.15) is 35.3 Å². The highest BCUT2D eigenvalue weighted by Gasteiger charge is 2.16. The predicted octanol–water partition coefficient (Wildman–Crippen LogP) is 2.12. The van der Waals surface area contributed by atoms with Crippen molar-refractivity contribution in [3.8, 4) is 6.07 Å². The zero-order valence-corrected chi connectivity index (χ0v) is 13.5. The zero-order chi connectivity index (χ0) is 14.5. The Kier molecular flexibility index (Phi) is 5.53. The highest BCUT2D eigenvalue weighted by molar-refractivity contribution is 7.11. The molecule has 110 valence electrons. The van der Waals surface area contributed by atoms with Gasteiger partial charge in [0.1, 0.15) is 0 Å². The highest BCUT2D eigenvalue weighted by Crippen LogP contribution is 2.26. The molecule has 0 bridgehead atoms. The van der Waals surface area contributed by atoms with Crippen LogP contribution in [0.15, 0.2) is 0 Å². The van der Waals surface area contributed by atoms with E-state index < -0.39 is 0 Å². The van der Waals surface area contributed by atoms with Gasteiger partial charge in [-0.05, 0) is 13.0 Å². The molecular formula is C15H24N4S. The maximum atomic E-state index is 8.91. The Morgan fingerprint density at radius 1 is 1.30 bits per heavy atom. The molecule has 1 fully saturated rings. The molecule has 1 saturated heterocycles. The van der Waals surface area contributed by atoms with Crippen LogP contribution in [-0.4, -0.2) is 54.6 Å². The molecule has 0 aromatic carbocycles. The van der Waals surface area contributed by atoms with Gasteiger partial charge in [0.2, 0.25) is 0 Å². The maximum absolute atomic E-state index is 8.91. The van der Waals surface area contributed by atoms with Crippen molar-refractivity contribution in [2.45, 2.75) is 32.6 Å². The molecule has 0 radical (unpaired) electrons. The smallest absolute Gasteiger partial charge is 0.0944 e. The standard InChI is InChI=1S/C15H24N4S/c1-12(2)15-13(4-6-16)20-14(17-15)5-7-19-10-8-18(3)9-11-19/h12H,4-5,7-11H2,1-3H3. The third-order valence-corrected chi connectivity index (χ3v) is 4.93. The Hall–Kier alpha value is -0.960. The van der Waals surface area contributed by atoms with E-state index in [0.29, 0.717) is 12.3 Å². The zero-order valence-electron chi connectivity index (χ0n) is 12.7. The SMILES string of the molecule is CC(C)c1nc(CCN2CCN(C)CC2)sc1CC#N. The number of hydrogen-bond donors (Lipinski definition) is 0. The fourth-order valence-corrected chi connectivity index (χ4v) is 3.64. The van der Waals surface area contributed by atoms with Gasteiger partial charge in [-0.15, -0.1) is 11.3 Å². The maximum Gasteiger partial charge on any atom is 0.0944 e. The Morgan fingerprint density at radius 3 is 2.60 bits per heavy atom. The van der Waals surface area contributed by atoms with Gasteiger partial charge in [0.05, 0.1) is 23.2 Å². The van der Waals surface area contributed by atoms with Crippen molar-refractivity contribution in [2.24, 2.45) is 0 Å². The van der Waals surface area contributed by atoms with Gasteiger partial charge in [0.25, 0.3) is 0 Å². The minimum atomic E-state index is 0.409. The molecule has 5 heteroatoms. The van der Waals surface area contributed by atoms with Gasteiger partial charge in [-0.2, -0.15) is 5.26 Å². The lowest BCUT2D eigenvalue weighted by molar-refractivity contribution is 0.155. The van der Waals surface area contributed by atoms with Gasteiger partial charge in [-0.1, -0.05) is 13.8 Å². The Morgan fingerprint density at radius 2 is 2.00 bits per heavy atom. The number of piperazine rings is 1. The first-order valence-electron chi connectivity index (χ1n) is 7.36. The summed E-state index contributed by atoms with van der Waals surface area (Å²) in [6.07, 6.45) is 1.51. The molecular weight excluding hydrogens is 268 g/mol. The summed E-state index contributed by atoms with van der Waals surface area (Å²) in [5, 5.41) is 10.1. The molecule has 0 N–H and O–H groups in total. The summed E-state index contributed by atoms with van der Waals surface area (Å²) in [5.41, 5.74) is 1.13. The van der Waals surface area contributed by atoms with Crippen LogP contribution in [0.25, 0.3) is 0 Å². The lowest BCUT2D eigenvalue weighted by atomic mass is 10.1. The second kappa shape index (κ2) is 7.16. The molecule has 20 heavy (non-hydrogen) atoms. The normalized spacial score (nSPS) is 17.6. The largest absolute Gasteiger partial charge is 0.304 e. The lowest BCUT2D eigenvalue weighted by Gasteiger charge is -2.32. The van der Waals surface area contributed by atoms with Crippen LogP contribution in [0.5, 0.6) is 0 Å². The number of nitrogens with zero attached hydrogens (tertiary/aromatic N) is 4. The predicted molar refractivity (Wildman–Crippen MR) is 83.2 cm³/mol. The van der Waals surface area contributed by atoms with Crippen LogP contribution >= 0.6 is 11.3 Å². The second-order valence-corrected chi connectivity index (χ2v) is 6.97. The molecule has 1 aromatic rings. The van der Waals surface area contributed by atoms with Gasteiger partial charge in [-0.25, -0.2) is 4.98 Å². The van der Waals surface area contributed by atoms with E-state index >= 15 is 0 Å². The molecule has 4 nitrogen and oxygen atoms in total. The Labute approximate surface area is 126 Å². The summed E-state index contributed by atoms with van der Waals surface area (Å²) < 4.78 is 0. The third-order valence-electron chi connectivity index (χ3n) is 3.80. The number of thiazole rings is 1. The summed E-state index contributed by atoms with van der Waals surface area (Å²) >= 11 is 1.73. The average Bonchev–Trinajstić information content (AvgIpc) is 2.82. The fraction of sp³-hybridized carbons (Fsp3) is 0.733. The van der Waals surface area contributed by atoms with Crippen molar-refractivity contribution < 1.29 is 0 Å². The van der Waals surface area contributed by atoms with Gasteiger partial charge in [0.15, 0.2) is 0 Å². The summed E-state index contributed by atoms with van der Waals surface area (Å²) in [6, 6.07) is 2.26. The number of rotatable bonds is 5. The number of hydrogen-bond acceptors (Lipinski definition) is 5. The first-order valence-corrected chi connectivity index (χ1v) is 8.18. The van der Waals surface area contributed by atoms with E-state index in [1.807, 2.05) is 0 Å². The van der Waals surface area contributed by atoms with E-state index in [9.17, 15) is 0 Å². The summed E-state index contributed by atoms with van der Waals surface area (Å²) in [4.78, 5) is 10.8. The van der Waals surface area contributed by atoms with Crippen LogP contribution in [-0.2, 0) is 12.8 Å². The van der Waals surface area contributed by atoms with Crippen LogP contribution in [0.4, 0.5) is 0 Å². The van der Waals surface area contributed by atoms with Crippen LogP contribution in [0, 0.1) is 11.3 Å². The fourth-order valence-electron chi connectivity index (χ4n) is 2.50. The van der Waals surface area contributed by atoms with E-state index in [1.165, 1.54) is 5.01 Å². The highest BCUT2D eigenvalue weighted by atomic mass is 32.1. The molecule has 0 saturated carbocycles. The quantitative estimate of drug-likeness (QED) is 0.834. The van der Waals surface area contributed by atoms with Gasteiger partial charge in [-0.3, -0.25) is 0 Å². The van der Waals surface area contributed by atoms with Crippen molar-refractivity contribution in [1.29, 1.82) is 5.26 Å². The first-order chi connectivity index (χ1) is 9.60. The van der Waals surface area contributed by atoms with Crippen molar-refractivity contribution in [3.63, 3.8) is 0 Å². The molecule has 0 unspecified atom stereocenters. The molecule has 1 aliphatic rings. The molecule has 0 atom stereocenters. The van der Waals surface area contributed by atoms with Gasteiger partial charge in [0, 0.05) is 44.0 Å². The minimum Gasteiger partial charge on any atom is -0.304 e. The van der Waals surface area contributed by atoms with Crippen LogP contribution < -0.4 is 0 Å². The Bertz CT molecular complexity index is 467. The van der Waals surface area contributed by atoms with Crippen molar-refractivity contribution in [1.82, 2.24) is 14.8 Å². The van der Waals surface area contributed by atoms with Crippen molar-refractivity contribution in [2.75, 3.05) is 39.8 Å². The second-order valence-electron chi connectivity index (χ2n) is 5.80. The molecule has 0 amide bonds.